The van der Waals surface area contributed by atoms with Crippen LogP contribution < -0.4 is 5.43 Å². The smallest absolute Gasteiger partial charge is 0.191 e. The van der Waals surface area contributed by atoms with Crippen LogP contribution in [0.5, 0.6) is 0 Å². The Morgan fingerprint density at radius 2 is 2.13 bits per heavy atom. The monoisotopic (exact) mass is 244 g/mol. The number of benzene rings is 1. The SMILES string of the molecule is CC(=O)C(Cl)=NNc1cccc(Cl)c1C. The second kappa shape index (κ2) is 5.14. The summed E-state index contributed by atoms with van der Waals surface area (Å²) in [6, 6.07) is 5.36. The number of hydrazone groups is 1. The van der Waals surface area contributed by atoms with E-state index in [2.05, 4.69) is 10.5 Å². The number of hydrogen-bond acceptors (Lipinski definition) is 3. The molecular formula is C10H10Cl2N2O. The van der Waals surface area contributed by atoms with Crippen LogP contribution >= 0.6 is 23.2 Å². The Balaban J connectivity index is 2.87. The molecule has 1 aromatic rings. The van der Waals surface area contributed by atoms with E-state index in [4.69, 9.17) is 23.2 Å². The van der Waals surface area contributed by atoms with Crippen molar-refractivity contribution >= 4 is 39.8 Å². The van der Waals surface area contributed by atoms with Crippen molar-refractivity contribution in [2.24, 2.45) is 5.10 Å². The topological polar surface area (TPSA) is 41.5 Å². The molecule has 0 aromatic heterocycles. The molecule has 0 spiro atoms. The Kier molecular flexibility index (Phi) is 4.12. The highest BCUT2D eigenvalue weighted by Gasteiger charge is 2.03. The average Bonchev–Trinajstić information content (AvgIpc) is 2.19. The van der Waals surface area contributed by atoms with Gasteiger partial charge in [0.05, 0.1) is 5.69 Å². The predicted octanol–water partition coefficient (Wildman–Crippen LogP) is 3.20. The number of ketones is 1. The molecule has 0 radical (unpaired) electrons. The van der Waals surface area contributed by atoms with Crippen molar-refractivity contribution < 1.29 is 4.79 Å². The van der Waals surface area contributed by atoms with Crippen LogP contribution in [0.15, 0.2) is 23.3 Å². The predicted molar refractivity (Wildman–Crippen MR) is 63.8 cm³/mol. The summed E-state index contributed by atoms with van der Waals surface area (Å²) in [5.41, 5.74) is 4.27. The largest absolute Gasteiger partial charge is 0.292 e. The summed E-state index contributed by atoms with van der Waals surface area (Å²) < 4.78 is 0. The van der Waals surface area contributed by atoms with Gasteiger partial charge in [0.25, 0.3) is 0 Å². The van der Waals surface area contributed by atoms with E-state index in [0.29, 0.717) is 5.02 Å². The molecule has 1 N–H and O–H groups in total. The zero-order chi connectivity index (χ0) is 11.4. The third-order valence-electron chi connectivity index (χ3n) is 1.83. The maximum Gasteiger partial charge on any atom is 0.191 e. The van der Waals surface area contributed by atoms with Gasteiger partial charge in [-0.25, -0.2) is 0 Å². The van der Waals surface area contributed by atoms with Crippen molar-refractivity contribution in [3.63, 3.8) is 0 Å². The van der Waals surface area contributed by atoms with Crippen LogP contribution in [0, 0.1) is 6.92 Å². The van der Waals surface area contributed by atoms with E-state index in [1.165, 1.54) is 6.92 Å². The first-order valence-electron chi connectivity index (χ1n) is 4.27. The van der Waals surface area contributed by atoms with Gasteiger partial charge >= 0.3 is 0 Å². The molecular weight excluding hydrogens is 235 g/mol. The number of nitrogens with zero attached hydrogens (tertiary/aromatic N) is 1. The lowest BCUT2D eigenvalue weighted by atomic mass is 10.2. The van der Waals surface area contributed by atoms with Crippen molar-refractivity contribution in [3.8, 4) is 0 Å². The van der Waals surface area contributed by atoms with Gasteiger partial charge in [0.15, 0.2) is 11.0 Å². The lowest BCUT2D eigenvalue weighted by Crippen LogP contribution is -2.05. The fourth-order valence-corrected chi connectivity index (χ4v) is 1.13. The molecule has 5 heteroatoms. The number of carbonyl (C=O) groups is 1. The van der Waals surface area contributed by atoms with Gasteiger partial charge in [-0.1, -0.05) is 29.3 Å². The van der Waals surface area contributed by atoms with E-state index >= 15 is 0 Å². The van der Waals surface area contributed by atoms with Crippen molar-refractivity contribution in [1.82, 2.24) is 0 Å². The Labute approximate surface area is 98.1 Å². The molecule has 15 heavy (non-hydrogen) atoms. The maximum absolute atomic E-state index is 10.8. The molecule has 0 saturated carbocycles. The highest BCUT2D eigenvalue weighted by molar-refractivity contribution is 6.82. The summed E-state index contributed by atoms with van der Waals surface area (Å²) in [7, 11) is 0. The van der Waals surface area contributed by atoms with Crippen LogP contribution in [0.2, 0.25) is 5.02 Å². The van der Waals surface area contributed by atoms with E-state index in [-0.39, 0.29) is 11.0 Å². The second-order valence-electron chi connectivity index (χ2n) is 2.98. The highest BCUT2D eigenvalue weighted by Crippen LogP contribution is 2.22. The molecule has 0 aliphatic heterocycles. The summed E-state index contributed by atoms with van der Waals surface area (Å²) in [6.07, 6.45) is 0. The number of halogens is 2. The number of rotatable bonds is 3. The summed E-state index contributed by atoms with van der Waals surface area (Å²) in [5, 5.41) is 4.26. The van der Waals surface area contributed by atoms with Crippen LogP contribution in [-0.4, -0.2) is 11.0 Å². The zero-order valence-corrected chi connectivity index (χ0v) is 9.86. The van der Waals surface area contributed by atoms with Crippen molar-refractivity contribution in [2.75, 3.05) is 5.43 Å². The maximum atomic E-state index is 10.8. The van der Waals surface area contributed by atoms with Crippen LogP contribution in [0.4, 0.5) is 5.69 Å². The van der Waals surface area contributed by atoms with Gasteiger partial charge < -0.3 is 0 Å². The van der Waals surface area contributed by atoms with Gasteiger partial charge in [0, 0.05) is 11.9 Å². The van der Waals surface area contributed by atoms with Crippen LogP contribution in [-0.2, 0) is 4.79 Å². The van der Waals surface area contributed by atoms with E-state index in [9.17, 15) is 4.79 Å². The van der Waals surface area contributed by atoms with Crippen molar-refractivity contribution in [1.29, 1.82) is 0 Å². The number of Topliss-reactive ketones (excluding diaryl/α,β-unsaturated/α-hetero) is 1. The third-order valence-corrected chi connectivity index (χ3v) is 2.59. The summed E-state index contributed by atoms with van der Waals surface area (Å²) >= 11 is 11.5. The second-order valence-corrected chi connectivity index (χ2v) is 3.75. The van der Waals surface area contributed by atoms with Gasteiger partial charge in [-0.2, -0.15) is 5.10 Å². The summed E-state index contributed by atoms with van der Waals surface area (Å²) in [4.78, 5) is 10.8. The molecule has 80 valence electrons. The van der Waals surface area contributed by atoms with E-state index in [1.54, 1.807) is 18.2 Å². The number of anilines is 1. The van der Waals surface area contributed by atoms with Crippen molar-refractivity contribution in [2.45, 2.75) is 13.8 Å². The minimum Gasteiger partial charge on any atom is -0.292 e. The van der Waals surface area contributed by atoms with Crippen LogP contribution in [0.3, 0.4) is 0 Å². The van der Waals surface area contributed by atoms with E-state index < -0.39 is 0 Å². The first kappa shape index (κ1) is 12.0. The minimum atomic E-state index is -0.288. The molecule has 0 bridgehead atoms. The molecule has 1 aromatic carbocycles. The number of carbonyl (C=O) groups excluding carboxylic acids is 1. The first-order valence-corrected chi connectivity index (χ1v) is 5.03. The third kappa shape index (κ3) is 3.22. The number of nitrogens with one attached hydrogen (secondary N) is 1. The average molecular weight is 245 g/mol. The molecule has 3 nitrogen and oxygen atoms in total. The van der Waals surface area contributed by atoms with Gasteiger partial charge in [0.1, 0.15) is 0 Å². The Morgan fingerprint density at radius 1 is 1.47 bits per heavy atom. The van der Waals surface area contributed by atoms with E-state index in [0.717, 1.165) is 11.3 Å². The Hall–Kier alpha value is -1.06. The normalized spacial score (nSPS) is 11.3. The standard InChI is InChI=1S/C10H10Cl2N2O/c1-6-8(11)4-3-5-9(6)13-14-10(12)7(2)15/h3-5,13H,1-2H3. The van der Waals surface area contributed by atoms with Crippen LogP contribution in [0.25, 0.3) is 0 Å². The molecule has 0 atom stereocenters. The molecule has 0 aliphatic rings. The summed E-state index contributed by atoms with van der Waals surface area (Å²) in [5.74, 6) is -0.288. The molecule has 0 saturated heterocycles. The lowest BCUT2D eigenvalue weighted by molar-refractivity contribution is -0.110. The van der Waals surface area contributed by atoms with E-state index in [1.807, 2.05) is 6.92 Å². The van der Waals surface area contributed by atoms with Gasteiger partial charge in [-0.05, 0) is 24.6 Å². The zero-order valence-electron chi connectivity index (χ0n) is 8.34. The summed E-state index contributed by atoms with van der Waals surface area (Å²) in [6.45, 7) is 3.19. The fourth-order valence-electron chi connectivity index (χ4n) is 0.917. The Morgan fingerprint density at radius 3 is 2.73 bits per heavy atom. The molecule has 0 amide bonds. The minimum absolute atomic E-state index is 0.0885. The highest BCUT2D eigenvalue weighted by atomic mass is 35.5. The molecule has 0 unspecified atom stereocenters. The van der Waals surface area contributed by atoms with Crippen molar-refractivity contribution in [3.05, 3.63) is 28.8 Å². The Bertz CT molecular complexity index is 416. The molecule has 0 heterocycles. The quantitative estimate of drug-likeness (QED) is 0.656. The first-order chi connectivity index (χ1) is 7.02. The number of hydrogen-bond donors (Lipinski definition) is 1. The molecule has 0 aliphatic carbocycles. The van der Waals surface area contributed by atoms with Gasteiger partial charge in [0.2, 0.25) is 0 Å². The van der Waals surface area contributed by atoms with Gasteiger partial charge in [-0.3, -0.25) is 10.2 Å². The fraction of sp³-hybridized carbons (Fsp3) is 0.200. The van der Waals surface area contributed by atoms with Gasteiger partial charge in [-0.15, -0.1) is 0 Å². The molecule has 0 fully saturated rings. The molecule has 1 rings (SSSR count). The van der Waals surface area contributed by atoms with Crippen LogP contribution in [0.1, 0.15) is 12.5 Å². The lowest BCUT2D eigenvalue weighted by Gasteiger charge is -2.05.